The summed E-state index contributed by atoms with van der Waals surface area (Å²) in [6, 6.07) is 10.0. The van der Waals surface area contributed by atoms with E-state index in [1.807, 2.05) is 36.5 Å². The van der Waals surface area contributed by atoms with Crippen molar-refractivity contribution in [3.05, 3.63) is 47.7 Å². The molecule has 3 heteroatoms. The summed E-state index contributed by atoms with van der Waals surface area (Å²) >= 11 is 0. The summed E-state index contributed by atoms with van der Waals surface area (Å²) in [7, 11) is 1.67. The molecule has 0 fully saturated rings. The van der Waals surface area contributed by atoms with Gasteiger partial charge in [-0.2, -0.15) is 0 Å². The third-order valence-corrected chi connectivity index (χ3v) is 2.42. The molecule has 2 aromatic rings. The Hall–Kier alpha value is -1.90. The topological polar surface area (TPSA) is 51.0 Å². The van der Waals surface area contributed by atoms with Gasteiger partial charge in [-0.1, -0.05) is 12.1 Å². The van der Waals surface area contributed by atoms with Gasteiger partial charge >= 0.3 is 0 Å². The lowest BCUT2D eigenvalue weighted by molar-refractivity contribution is 0.414. The first-order valence-corrected chi connectivity index (χ1v) is 4.84. The first-order chi connectivity index (χ1) is 7.29. The fourth-order valence-electron chi connectivity index (χ4n) is 1.53. The van der Waals surface area contributed by atoms with Crippen LogP contribution in [0.1, 0.15) is 11.1 Å². The average molecular weight is 202 g/mol. The molecule has 3 nitrogen and oxygen atoms in total. The van der Waals surface area contributed by atoms with Crippen molar-refractivity contribution >= 4 is 5.82 Å². The number of ether oxygens (including phenoxy) is 1. The molecule has 0 aliphatic carbocycles. The maximum atomic E-state index is 5.76. The van der Waals surface area contributed by atoms with Crippen LogP contribution in [0.15, 0.2) is 36.5 Å². The van der Waals surface area contributed by atoms with Crippen molar-refractivity contribution < 1.29 is 4.74 Å². The number of hydrogen-bond donors (Lipinski definition) is 2. The highest BCUT2D eigenvalue weighted by Crippen LogP contribution is 2.17. The summed E-state index contributed by atoms with van der Waals surface area (Å²) in [6.45, 7) is 0. The number of nitrogen functional groups attached to an aromatic ring is 1. The van der Waals surface area contributed by atoms with Crippen LogP contribution in [0.3, 0.4) is 0 Å². The minimum atomic E-state index is 0.741. The van der Waals surface area contributed by atoms with E-state index in [0.29, 0.717) is 0 Å². The first-order valence-electron chi connectivity index (χ1n) is 4.84. The molecule has 2 rings (SSSR count). The number of rotatable bonds is 3. The molecule has 0 saturated heterocycles. The first kappa shape index (κ1) is 9.65. The van der Waals surface area contributed by atoms with Crippen molar-refractivity contribution in [3.63, 3.8) is 0 Å². The molecule has 15 heavy (non-hydrogen) atoms. The number of nitrogens with one attached hydrogen (secondary N) is 1. The fraction of sp³-hybridized carbons (Fsp3) is 0.167. The van der Waals surface area contributed by atoms with Crippen molar-refractivity contribution in [1.29, 1.82) is 0 Å². The van der Waals surface area contributed by atoms with Crippen LogP contribution in [0.4, 0.5) is 5.82 Å². The molecule has 0 aliphatic rings. The van der Waals surface area contributed by atoms with E-state index in [0.717, 1.165) is 23.6 Å². The number of benzene rings is 1. The summed E-state index contributed by atoms with van der Waals surface area (Å²) in [5.74, 6) is 1.62. The molecule has 0 atom stereocenters. The zero-order valence-corrected chi connectivity index (χ0v) is 8.66. The Morgan fingerprint density at radius 1 is 1.20 bits per heavy atom. The Labute approximate surface area is 88.9 Å². The van der Waals surface area contributed by atoms with E-state index in [9.17, 15) is 0 Å². The van der Waals surface area contributed by atoms with Crippen LogP contribution in [0, 0.1) is 0 Å². The number of aromatic amines is 1. The molecule has 0 unspecified atom stereocenters. The highest BCUT2D eigenvalue weighted by Gasteiger charge is 2.01. The Morgan fingerprint density at radius 3 is 2.47 bits per heavy atom. The van der Waals surface area contributed by atoms with Crippen molar-refractivity contribution in [2.75, 3.05) is 12.8 Å². The van der Waals surface area contributed by atoms with E-state index in [4.69, 9.17) is 10.5 Å². The van der Waals surface area contributed by atoms with Gasteiger partial charge < -0.3 is 15.5 Å². The van der Waals surface area contributed by atoms with Gasteiger partial charge in [0, 0.05) is 12.6 Å². The van der Waals surface area contributed by atoms with Gasteiger partial charge in [0.15, 0.2) is 0 Å². The molecule has 1 aromatic carbocycles. The Balaban J connectivity index is 2.14. The van der Waals surface area contributed by atoms with Crippen LogP contribution < -0.4 is 10.5 Å². The molecule has 0 spiro atoms. The highest BCUT2D eigenvalue weighted by molar-refractivity contribution is 5.43. The van der Waals surface area contributed by atoms with Gasteiger partial charge in [-0.05, 0) is 29.3 Å². The van der Waals surface area contributed by atoms with Crippen LogP contribution in [0.25, 0.3) is 0 Å². The fourth-order valence-corrected chi connectivity index (χ4v) is 1.53. The zero-order valence-electron chi connectivity index (χ0n) is 8.66. The normalized spacial score (nSPS) is 10.2. The molecule has 0 bridgehead atoms. The third-order valence-electron chi connectivity index (χ3n) is 2.42. The molecule has 0 saturated carbocycles. The summed E-state index contributed by atoms with van der Waals surface area (Å²) in [5.41, 5.74) is 8.11. The van der Waals surface area contributed by atoms with E-state index in [1.54, 1.807) is 7.11 Å². The Kier molecular flexibility index (Phi) is 2.63. The summed E-state index contributed by atoms with van der Waals surface area (Å²) in [4.78, 5) is 2.96. The van der Waals surface area contributed by atoms with Gasteiger partial charge in [0.25, 0.3) is 0 Å². The number of aromatic nitrogens is 1. The maximum absolute atomic E-state index is 5.76. The summed E-state index contributed by atoms with van der Waals surface area (Å²) in [5, 5.41) is 0. The summed E-state index contributed by atoms with van der Waals surface area (Å²) in [6.07, 6.45) is 2.70. The van der Waals surface area contributed by atoms with Crippen LogP contribution >= 0.6 is 0 Å². The van der Waals surface area contributed by atoms with Crippen molar-refractivity contribution in [1.82, 2.24) is 4.98 Å². The molecule has 0 amide bonds. The lowest BCUT2D eigenvalue weighted by Gasteiger charge is -2.03. The predicted octanol–water partition coefficient (Wildman–Crippen LogP) is 2.20. The lowest BCUT2D eigenvalue weighted by atomic mass is 10.1. The third kappa shape index (κ3) is 2.13. The van der Waals surface area contributed by atoms with Gasteiger partial charge in [-0.3, -0.25) is 0 Å². The van der Waals surface area contributed by atoms with Crippen LogP contribution in [-0.2, 0) is 6.42 Å². The molecular formula is C12H14N2O. The second-order valence-corrected chi connectivity index (χ2v) is 3.44. The smallest absolute Gasteiger partial charge is 0.118 e. The van der Waals surface area contributed by atoms with Crippen LogP contribution in [0.2, 0.25) is 0 Å². The highest BCUT2D eigenvalue weighted by atomic mass is 16.5. The molecule has 3 N–H and O–H groups in total. The summed E-state index contributed by atoms with van der Waals surface area (Å²) < 4.78 is 5.10. The lowest BCUT2D eigenvalue weighted by Crippen LogP contribution is -1.93. The SMILES string of the molecule is COc1ccc(Cc2cc[nH]c2N)cc1. The molecule has 0 aliphatic heterocycles. The van der Waals surface area contributed by atoms with Gasteiger partial charge in [0.1, 0.15) is 11.6 Å². The predicted molar refractivity (Wildman–Crippen MR) is 61.0 cm³/mol. The van der Waals surface area contributed by atoms with Crippen molar-refractivity contribution in [2.24, 2.45) is 0 Å². The standard InChI is InChI=1S/C12H14N2O/c1-15-11-4-2-9(3-5-11)8-10-6-7-14-12(10)13/h2-7,14H,8,13H2,1H3. The number of methoxy groups -OCH3 is 1. The quantitative estimate of drug-likeness (QED) is 0.801. The van der Waals surface area contributed by atoms with E-state index in [2.05, 4.69) is 4.98 Å². The molecule has 0 radical (unpaired) electrons. The van der Waals surface area contributed by atoms with Crippen LogP contribution in [0.5, 0.6) is 5.75 Å². The molecule has 1 aromatic heterocycles. The number of hydrogen-bond acceptors (Lipinski definition) is 2. The largest absolute Gasteiger partial charge is 0.497 e. The van der Waals surface area contributed by atoms with Crippen LogP contribution in [-0.4, -0.2) is 12.1 Å². The van der Waals surface area contributed by atoms with E-state index >= 15 is 0 Å². The monoisotopic (exact) mass is 202 g/mol. The average Bonchev–Trinajstić information content (AvgIpc) is 2.66. The Bertz CT molecular complexity index is 431. The minimum absolute atomic E-state index is 0.741. The zero-order chi connectivity index (χ0) is 10.7. The number of nitrogens with two attached hydrogens (primary N) is 1. The molecule has 78 valence electrons. The number of H-pyrrole nitrogens is 1. The van der Waals surface area contributed by atoms with E-state index in [1.165, 1.54) is 5.56 Å². The van der Waals surface area contributed by atoms with Crippen molar-refractivity contribution in [2.45, 2.75) is 6.42 Å². The van der Waals surface area contributed by atoms with Crippen molar-refractivity contribution in [3.8, 4) is 5.75 Å². The molecular weight excluding hydrogens is 188 g/mol. The minimum Gasteiger partial charge on any atom is -0.497 e. The number of anilines is 1. The van der Waals surface area contributed by atoms with E-state index < -0.39 is 0 Å². The second-order valence-electron chi connectivity index (χ2n) is 3.44. The maximum Gasteiger partial charge on any atom is 0.118 e. The second kappa shape index (κ2) is 4.09. The van der Waals surface area contributed by atoms with Gasteiger partial charge in [-0.15, -0.1) is 0 Å². The van der Waals surface area contributed by atoms with Gasteiger partial charge in [0.05, 0.1) is 7.11 Å². The molecule has 1 heterocycles. The Morgan fingerprint density at radius 2 is 1.93 bits per heavy atom. The van der Waals surface area contributed by atoms with Gasteiger partial charge in [-0.25, -0.2) is 0 Å². The van der Waals surface area contributed by atoms with E-state index in [-0.39, 0.29) is 0 Å². The van der Waals surface area contributed by atoms with Gasteiger partial charge in [0.2, 0.25) is 0 Å².